The molecule has 1 aromatic rings. The van der Waals surface area contributed by atoms with Gasteiger partial charge in [-0.05, 0) is 12.5 Å². The molecule has 0 saturated carbocycles. The van der Waals surface area contributed by atoms with Crippen LogP contribution in [-0.4, -0.2) is 13.0 Å². The van der Waals surface area contributed by atoms with Gasteiger partial charge in [-0.3, -0.25) is 10.2 Å². The van der Waals surface area contributed by atoms with Crippen LogP contribution in [0.1, 0.15) is 12.5 Å². The van der Waals surface area contributed by atoms with Crippen molar-refractivity contribution in [1.82, 2.24) is 5.43 Å². The van der Waals surface area contributed by atoms with Crippen molar-refractivity contribution in [2.45, 2.75) is 12.5 Å². The Morgan fingerprint density at radius 3 is 2.43 bits per heavy atom. The summed E-state index contributed by atoms with van der Waals surface area (Å²) >= 11 is 0. The number of carbonyl (C=O) groups is 1. The minimum absolute atomic E-state index is 0.369. The van der Waals surface area contributed by atoms with E-state index in [1.54, 1.807) is 6.92 Å². The van der Waals surface area contributed by atoms with Crippen LogP contribution in [0, 0.1) is 0 Å². The number of amides is 1. The first-order valence-electron chi connectivity index (χ1n) is 4.27. The zero-order valence-corrected chi connectivity index (χ0v) is 8.28. The normalized spacial score (nSPS) is 14.5. The number of benzene rings is 1. The van der Waals surface area contributed by atoms with E-state index in [1.165, 1.54) is 7.11 Å². The van der Waals surface area contributed by atoms with Crippen LogP contribution in [0.2, 0.25) is 0 Å². The van der Waals surface area contributed by atoms with Gasteiger partial charge in [-0.15, -0.1) is 0 Å². The van der Waals surface area contributed by atoms with Gasteiger partial charge in [0.2, 0.25) is 0 Å². The number of hydrogen-bond acceptors (Lipinski definition) is 3. The molecule has 0 aliphatic carbocycles. The van der Waals surface area contributed by atoms with Crippen molar-refractivity contribution in [3.05, 3.63) is 35.9 Å². The van der Waals surface area contributed by atoms with Crippen molar-refractivity contribution < 1.29 is 9.53 Å². The first kappa shape index (κ1) is 10.7. The number of hydrazine groups is 1. The largest absolute Gasteiger partial charge is 0.364 e. The highest BCUT2D eigenvalue weighted by Crippen LogP contribution is 2.23. The summed E-state index contributed by atoms with van der Waals surface area (Å²) in [6.45, 7) is 1.67. The summed E-state index contributed by atoms with van der Waals surface area (Å²) < 4.78 is 5.18. The molecule has 76 valence electrons. The van der Waals surface area contributed by atoms with E-state index < -0.39 is 5.60 Å². The molecule has 0 radical (unpaired) electrons. The quantitative estimate of drug-likeness (QED) is 0.419. The summed E-state index contributed by atoms with van der Waals surface area (Å²) in [5.41, 5.74) is 1.83. The van der Waals surface area contributed by atoms with E-state index in [-0.39, 0.29) is 5.91 Å². The van der Waals surface area contributed by atoms with E-state index in [1.807, 2.05) is 30.3 Å². The lowest BCUT2D eigenvalue weighted by molar-refractivity contribution is -0.142. The lowest BCUT2D eigenvalue weighted by Crippen LogP contribution is -2.46. The van der Waals surface area contributed by atoms with E-state index in [9.17, 15) is 4.79 Å². The highest BCUT2D eigenvalue weighted by Gasteiger charge is 2.34. The maximum absolute atomic E-state index is 11.5. The Hall–Kier alpha value is -1.39. The van der Waals surface area contributed by atoms with Crippen LogP contribution < -0.4 is 11.3 Å². The van der Waals surface area contributed by atoms with Gasteiger partial charge in [0, 0.05) is 7.11 Å². The summed E-state index contributed by atoms with van der Waals surface area (Å²) in [4.78, 5) is 11.5. The lowest BCUT2D eigenvalue weighted by Gasteiger charge is -2.26. The molecule has 1 unspecified atom stereocenters. The highest BCUT2D eigenvalue weighted by molar-refractivity contribution is 5.85. The van der Waals surface area contributed by atoms with Crippen LogP contribution in [0.4, 0.5) is 0 Å². The Morgan fingerprint density at radius 2 is 2.00 bits per heavy atom. The third kappa shape index (κ3) is 1.76. The van der Waals surface area contributed by atoms with Gasteiger partial charge in [0.25, 0.3) is 5.91 Å². The van der Waals surface area contributed by atoms with Gasteiger partial charge in [-0.2, -0.15) is 0 Å². The number of ether oxygens (including phenoxy) is 1. The Bertz CT molecular complexity index is 313. The molecule has 0 aliphatic rings. The Morgan fingerprint density at radius 1 is 1.43 bits per heavy atom. The molecule has 0 aromatic heterocycles. The van der Waals surface area contributed by atoms with E-state index in [0.29, 0.717) is 0 Å². The molecule has 0 saturated heterocycles. The number of nitrogens with one attached hydrogen (secondary N) is 1. The first-order valence-corrected chi connectivity index (χ1v) is 4.27. The van der Waals surface area contributed by atoms with E-state index in [4.69, 9.17) is 10.6 Å². The summed E-state index contributed by atoms with van der Waals surface area (Å²) in [5, 5.41) is 0. The molecule has 0 aliphatic heterocycles. The summed E-state index contributed by atoms with van der Waals surface area (Å²) in [6.07, 6.45) is 0. The van der Waals surface area contributed by atoms with E-state index in [0.717, 1.165) is 5.56 Å². The van der Waals surface area contributed by atoms with Crippen molar-refractivity contribution in [3.8, 4) is 0 Å². The van der Waals surface area contributed by atoms with Gasteiger partial charge < -0.3 is 4.74 Å². The SMILES string of the molecule is COC(C)(C(=O)NN)c1ccccc1. The second kappa shape index (κ2) is 4.21. The standard InChI is InChI=1S/C10H14N2O2/c1-10(14-2,9(13)12-11)8-6-4-3-5-7-8/h3-7H,11H2,1-2H3,(H,12,13). The zero-order chi connectivity index (χ0) is 10.6. The molecule has 0 spiro atoms. The molecule has 0 heterocycles. The summed E-state index contributed by atoms with van der Waals surface area (Å²) in [7, 11) is 1.47. The summed E-state index contributed by atoms with van der Waals surface area (Å²) in [6, 6.07) is 9.20. The molecule has 1 aromatic carbocycles. The fraction of sp³-hybridized carbons (Fsp3) is 0.300. The minimum atomic E-state index is -1.03. The fourth-order valence-corrected chi connectivity index (χ4v) is 1.24. The second-order valence-electron chi connectivity index (χ2n) is 3.08. The molecule has 0 bridgehead atoms. The maximum atomic E-state index is 11.5. The number of nitrogens with two attached hydrogens (primary N) is 1. The predicted molar refractivity (Wildman–Crippen MR) is 53.1 cm³/mol. The zero-order valence-electron chi connectivity index (χ0n) is 8.28. The monoisotopic (exact) mass is 194 g/mol. The van der Waals surface area contributed by atoms with Gasteiger partial charge in [-0.1, -0.05) is 30.3 Å². The molecule has 4 nitrogen and oxygen atoms in total. The molecule has 0 fully saturated rings. The van der Waals surface area contributed by atoms with Crippen LogP contribution in [0.15, 0.2) is 30.3 Å². The molecular weight excluding hydrogens is 180 g/mol. The van der Waals surface area contributed by atoms with E-state index >= 15 is 0 Å². The van der Waals surface area contributed by atoms with Gasteiger partial charge in [0.1, 0.15) is 0 Å². The average molecular weight is 194 g/mol. The molecule has 14 heavy (non-hydrogen) atoms. The Kier molecular flexibility index (Phi) is 3.22. The number of hydrogen-bond donors (Lipinski definition) is 2. The Balaban J connectivity index is 3.08. The predicted octanol–water partition coefficient (Wildman–Crippen LogP) is 0.538. The van der Waals surface area contributed by atoms with Crippen molar-refractivity contribution >= 4 is 5.91 Å². The minimum Gasteiger partial charge on any atom is -0.364 e. The van der Waals surface area contributed by atoms with Crippen molar-refractivity contribution in [3.63, 3.8) is 0 Å². The van der Waals surface area contributed by atoms with Crippen LogP contribution in [-0.2, 0) is 15.1 Å². The molecular formula is C10H14N2O2. The summed E-state index contributed by atoms with van der Waals surface area (Å²) in [5.74, 6) is 4.72. The third-order valence-electron chi connectivity index (χ3n) is 2.30. The topological polar surface area (TPSA) is 64.3 Å². The molecule has 1 rings (SSSR count). The van der Waals surface area contributed by atoms with Gasteiger partial charge in [0.05, 0.1) is 0 Å². The maximum Gasteiger partial charge on any atom is 0.270 e. The fourth-order valence-electron chi connectivity index (χ4n) is 1.24. The number of methoxy groups -OCH3 is 1. The van der Waals surface area contributed by atoms with E-state index in [2.05, 4.69) is 5.43 Å². The first-order chi connectivity index (χ1) is 6.65. The van der Waals surface area contributed by atoms with Crippen LogP contribution in [0.25, 0.3) is 0 Å². The average Bonchev–Trinajstić information content (AvgIpc) is 2.28. The molecule has 3 N–H and O–H groups in total. The van der Waals surface area contributed by atoms with Crippen LogP contribution in [0.5, 0.6) is 0 Å². The molecule has 4 heteroatoms. The smallest absolute Gasteiger partial charge is 0.270 e. The lowest BCUT2D eigenvalue weighted by atomic mass is 9.95. The number of carbonyl (C=O) groups excluding carboxylic acids is 1. The Labute approximate surface area is 83.0 Å². The molecule has 1 amide bonds. The van der Waals surface area contributed by atoms with Gasteiger partial charge in [0.15, 0.2) is 5.60 Å². The highest BCUT2D eigenvalue weighted by atomic mass is 16.5. The van der Waals surface area contributed by atoms with Gasteiger partial charge in [-0.25, -0.2) is 5.84 Å². The third-order valence-corrected chi connectivity index (χ3v) is 2.30. The van der Waals surface area contributed by atoms with Crippen LogP contribution >= 0.6 is 0 Å². The second-order valence-corrected chi connectivity index (χ2v) is 3.08. The van der Waals surface area contributed by atoms with Crippen molar-refractivity contribution in [1.29, 1.82) is 0 Å². The number of rotatable bonds is 3. The van der Waals surface area contributed by atoms with Gasteiger partial charge >= 0.3 is 0 Å². The van der Waals surface area contributed by atoms with Crippen molar-refractivity contribution in [2.75, 3.05) is 7.11 Å². The van der Waals surface area contributed by atoms with Crippen LogP contribution in [0.3, 0.4) is 0 Å². The van der Waals surface area contributed by atoms with Crippen molar-refractivity contribution in [2.24, 2.45) is 5.84 Å². The molecule has 1 atom stereocenters.